The molecule has 2 heterocycles. The minimum atomic E-state index is 0.466. The van der Waals surface area contributed by atoms with E-state index in [1.54, 1.807) is 18.3 Å². The number of hydrogen-bond acceptors (Lipinski definition) is 6. The van der Waals surface area contributed by atoms with Crippen LogP contribution >= 0.6 is 0 Å². The summed E-state index contributed by atoms with van der Waals surface area (Å²) in [5, 5.41) is 11.6. The highest BCUT2D eigenvalue weighted by atomic mass is 16.5. The molecule has 0 fully saturated rings. The zero-order valence-electron chi connectivity index (χ0n) is 12.1. The second-order valence-corrected chi connectivity index (χ2v) is 4.76. The first-order chi connectivity index (χ1) is 10.9. The molecule has 112 valence electrons. The number of benzene rings is 1. The van der Waals surface area contributed by atoms with E-state index < -0.39 is 0 Å². The van der Waals surface area contributed by atoms with Gasteiger partial charge in [-0.3, -0.25) is 0 Å². The summed E-state index contributed by atoms with van der Waals surface area (Å²) < 4.78 is 10.8. The van der Waals surface area contributed by atoms with Gasteiger partial charge in [-0.05, 0) is 24.1 Å². The van der Waals surface area contributed by atoms with Crippen LogP contribution in [0.4, 0.5) is 0 Å². The Hall–Kier alpha value is -2.60. The lowest BCUT2D eigenvalue weighted by Gasteiger charge is -2.02. The summed E-state index contributed by atoms with van der Waals surface area (Å²) in [7, 11) is 0. The largest absolute Gasteiger partial charge is 0.377 e. The Bertz CT molecular complexity index is 686. The van der Waals surface area contributed by atoms with Crippen molar-refractivity contribution in [3.8, 4) is 11.5 Å². The van der Waals surface area contributed by atoms with Crippen molar-refractivity contribution in [3.63, 3.8) is 0 Å². The van der Waals surface area contributed by atoms with Gasteiger partial charge in [-0.25, -0.2) is 0 Å². The van der Waals surface area contributed by atoms with Gasteiger partial charge in [-0.2, -0.15) is 10.1 Å². The fourth-order valence-electron chi connectivity index (χ4n) is 1.97. The molecule has 0 unspecified atom stereocenters. The normalized spacial score (nSPS) is 10.7. The number of ether oxygens (including phenoxy) is 1. The maximum absolute atomic E-state index is 5.62. The smallest absolute Gasteiger partial charge is 0.227 e. The van der Waals surface area contributed by atoms with E-state index in [0.29, 0.717) is 37.0 Å². The van der Waals surface area contributed by atoms with Gasteiger partial charge in [0.2, 0.25) is 11.7 Å². The summed E-state index contributed by atoms with van der Waals surface area (Å²) in [6, 6.07) is 13.7. The van der Waals surface area contributed by atoms with E-state index in [4.69, 9.17) is 9.26 Å². The molecule has 0 saturated heterocycles. The quantitative estimate of drug-likeness (QED) is 0.624. The Morgan fingerprint density at radius 3 is 2.77 bits per heavy atom. The average Bonchev–Trinajstić information content (AvgIpc) is 3.05. The predicted molar refractivity (Wildman–Crippen MR) is 79.7 cm³/mol. The van der Waals surface area contributed by atoms with Crippen LogP contribution in [0.5, 0.6) is 0 Å². The van der Waals surface area contributed by atoms with E-state index in [-0.39, 0.29) is 0 Å². The number of hydrogen-bond donors (Lipinski definition) is 0. The number of aromatic nitrogens is 4. The zero-order chi connectivity index (χ0) is 15.0. The van der Waals surface area contributed by atoms with Gasteiger partial charge >= 0.3 is 0 Å². The summed E-state index contributed by atoms with van der Waals surface area (Å²) >= 11 is 0. The van der Waals surface area contributed by atoms with Crippen LogP contribution in [0.2, 0.25) is 0 Å². The Balaban J connectivity index is 1.42. The molecule has 0 bridgehead atoms. The zero-order valence-corrected chi connectivity index (χ0v) is 12.1. The van der Waals surface area contributed by atoms with E-state index in [1.165, 1.54) is 5.56 Å². The molecule has 0 saturated carbocycles. The van der Waals surface area contributed by atoms with Crippen LogP contribution in [0.25, 0.3) is 11.5 Å². The second kappa shape index (κ2) is 7.42. The molecule has 0 atom stereocenters. The van der Waals surface area contributed by atoms with Gasteiger partial charge in [0, 0.05) is 19.2 Å². The Morgan fingerprint density at radius 1 is 1.05 bits per heavy atom. The Labute approximate surface area is 128 Å². The fourth-order valence-corrected chi connectivity index (χ4v) is 1.97. The summed E-state index contributed by atoms with van der Waals surface area (Å²) in [6.45, 7) is 1.27. The van der Waals surface area contributed by atoms with Gasteiger partial charge in [0.05, 0.1) is 6.61 Å². The standard InChI is InChI=1S/C16H16N4O2/c1-2-6-13(7-3-1)12-21-11-5-9-15-18-16(20-22-15)14-8-4-10-17-19-14/h1-4,6-8,10H,5,9,11-12H2. The van der Waals surface area contributed by atoms with E-state index in [9.17, 15) is 0 Å². The molecule has 6 nitrogen and oxygen atoms in total. The molecule has 0 spiro atoms. The van der Waals surface area contributed by atoms with Gasteiger partial charge in [0.1, 0.15) is 5.69 Å². The minimum absolute atomic E-state index is 0.466. The molecule has 3 rings (SSSR count). The monoisotopic (exact) mass is 296 g/mol. The first-order valence-corrected chi connectivity index (χ1v) is 7.14. The molecular formula is C16H16N4O2. The van der Waals surface area contributed by atoms with Crippen LogP contribution in [0.1, 0.15) is 17.9 Å². The fraction of sp³-hybridized carbons (Fsp3) is 0.250. The lowest BCUT2D eigenvalue weighted by atomic mass is 10.2. The van der Waals surface area contributed by atoms with Crippen LogP contribution in [0.15, 0.2) is 53.2 Å². The van der Waals surface area contributed by atoms with E-state index in [1.807, 2.05) is 30.3 Å². The van der Waals surface area contributed by atoms with E-state index >= 15 is 0 Å². The number of nitrogens with zero attached hydrogens (tertiary/aromatic N) is 4. The first kappa shape index (κ1) is 14.3. The topological polar surface area (TPSA) is 73.9 Å². The van der Waals surface area contributed by atoms with Crippen LogP contribution < -0.4 is 0 Å². The Morgan fingerprint density at radius 2 is 1.95 bits per heavy atom. The lowest BCUT2D eigenvalue weighted by molar-refractivity contribution is 0.117. The summed E-state index contributed by atoms with van der Waals surface area (Å²) in [5.74, 6) is 1.05. The predicted octanol–water partition coefficient (Wildman–Crippen LogP) is 2.68. The van der Waals surface area contributed by atoms with Gasteiger partial charge < -0.3 is 9.26 Å². The number of aryl methyl sites for hydroxylation is 1. The minimum Gasteiger partial charge on any atom is -0.377 e. The molecule has 3 aromatic rings. The highest BCUT2D eigenvalue weighted by molar-refractivity contribution is 5.46. The molecule has 0 N–H and O–H groups in total. The highest BCUT2D eigenvalue weighted by Gasteiger charge is 2.09. The molecule has 0 amide bonds. The van der Waals surface area contributed by atoms with Crippen molar-refractivity contribution in [2.45, 2.75) is 19.4 Å². The van der Waals surface area contributed by atoms with Crippen molar-refractivity contribution in [3.05, 3.63) is 60.1 Å². The third-order valence-electron chi connectivity index (χ3n) is 3.06. The molecule has 0 aliphatic heterocycles. The van der Waals surface area contributed by atoms with Crippen LogP contribution in [0.3, 0.4) is 0 Å². The molecular weight excluding hydrogens is 280 g/mol. The Kier molecular flexibility index (Phi) is 4.84. The maximum Gasteiger partial charge on any atom is 0.227 e. The average molecular weight is 296 g/mol. The first-order valence-electron chi connectivity index (χ1n) is 7.14. The highest BCUT2D eigenvalue weighted by Crippen LogP contribution is 2.12. The summed E-state index contributed by atoms with van der Waals surface area (Å²) in [5.41, 5.74) is 1.78. The molecule has 22 heavy (non-hydrogen) atoms. The van der Waals surface area contributed by atoms with Crippen molar-refractivity contribution < 1.29 is 9.26 Å². The van der Waals surface area contributed by atoms with Gasteiger partial charge in [0.25, 0.3) is 0 Å². The summed E-state index contributed by atoms with van der Waals surface area (Å²) in [4.78, 5) is 4.30. The molecule has 0 aliphatic rings. The molecule has 0 radical (unpaired) electrons. The van der Waals surface area contributed by atoms with Crippen molar-refractivity contribution in [2.24, 2.45) is 0 Å². The van der Waals surface area contributed by atoms with E-state index in [0.717, 1.165) is 6.42 Å². The molecule has 0 aliphatic carbocycles. The van der Waals surface area contributed by atoms with Gasteiger partial charge in [0.15, 0.2) is 0 Å². The SMILES string of the molecule is c1ccc(COCCCc2nc(-c3cccnn3)no2)cc1. The number of rotatable bonds is 7. The summed E-state index contributed by atoms with van der Waals surface area (Å²) in [6.07, 6.45) is 3.12. The van der Waals surface area contributed by atoms with Gasteiger partial charge in [-0.15, -0.1) is 5.10 Å². The second-order valence-electron chi connectivity index (χ2n) is 4.76. The van der Waals surface area contributed by atoms with Crippen molar-refractivity contribution in [1.29, 1.82) is 0 Å². The van der Waals surface area contributed by atoms with Crippen LogP contribution in [0, 0.1) is 0 Å². The molecule has 2 aromatic heterocycles. The van der Waals surface area contributed by atoms with E-state index in [2.05, 4.69) is 20.3 Å². The van der Waals surface area contributed by atoms with Crippen LogP contribution in [-0.4, -0.2) is 26.9 Å². The van der Waals surface area contributed by atoms with Crippen molar-refractivity contribution >= 4 is 0 Å². The third kappa shape index (κ3) is 3.95. The van der Waals surface area contributed by atoms with Gasteiger partial charge in [-0.1, -0.05) is 35.5 Å². The molecule has 6 heteroatoms. The van der Waals surface area contributed by atoms with Crippen molar-refractivity contribution in [1.82, 2.24) is 20.3 Å². The molecule has 1 aromatic carbocycles. The third-order valence-corrected chi connectivity index (χ3v) is 3.06. The van der Waals surface area contributed by atoms with Crippen LogP contribution in [-0.2, 0) is 17.8 Å². The maximum atomic E-state index is 5.62. The lowest BCUT2D eigenvalue weighted by Crippen LogP contribution is -1.97. The van der Waals surface area contributed by atoms with Crippen molar-refractivity contribution in [2.75, 3.05) is 6.61 Å².